The van der Waals surface area contributed by atoms with Crippen molar-refractivity contribution < 1.29 is 14.3 Å². The van der Waals surface area contributed by atoms with Gasteiger partial charge in [0, 0.05) is 18.1 Å². The van der Waals surface area contributed by atoms with E-state index in [9.17, 15) is 5.11 Å². The Balaban J connectivity index is 1.94. The second-order valence-corrected chi connectivity index (χ2v) is 5.47. The van der Waals surface area contributed by atoms with Gasteiger partial charge in [0.2, 0.25) is 0 Å². The molecule has 1 fully saturated rings. The van der Waals surface area contributed by atoms with Gasteiger partial charge in [-0.3, -0.25) is 0 Å². The molecule has 0 spiro atoms. The first-order chi connectivity index (χ1) is 8.59. The van der Waals surface area contributed by atoms with Crippen LogP contribution in [0.1, 0.15) is 39.0 Å². The number of hydrogen-bond donors (Lipinski definition) is 2. The van der Waals surface area contributed by atoms with Crippen molar-refractivity contribution in [3.8, 4) is 0 Å². The maximum atomic E-state index is 9.45. The van der Waals surface area contributed by atoms with E-state index < -0.39 is 0 Å². The first kappa shape index (κ1) is 13.6. The molecular weight excluding hydrogens is 230 g/mol. The summed E-state index contributed by atoms with van der Waals surface area (Å²) in [5.74, 6) is 0.785. The molecule has 1 aromatic heterocycles. The summed E-state index contributed by atoms with van der Waals surface area (Å²) in [7, 11) is 0. The molecule has 0 bridgehead atoms. The van der Waals surface area contributed by atoms with Gasteiger partial charge < -0.3 is 19.6 Å². The van der Waals surface area contributed by atoms with Gasteiger partial charge in [0.05, 0.1) is 25.0 Å². The maximum absolute atomic E-state index is 9.45. The summed E-state index contributed by atoms with van der Waals surface area (Å²) < 4.78 is 11.0. The quantitative estimate of drug-likeness (QED) is 0.815. The molecule has 1 saturated carbocycles. The van der Waals surface area contributed by atoms with E-state index in [1.165, 1.54) is 0 Å². The molecule has 4 nitrogen and oxygen atoms in total. The Hall–Kier alpha value is -0.840. The SMILES string of the molecule is CCO[C@@H]1C[C@H](N[C@@H](CO)c2ccco2)C1(C)C. The Morgan fingerprint density at radius 2 is 2.39 bits per heavy atom. The van der Waals surface area contributed by atoms with Crippen LogP contribution >= 0.6 is 0 Å². The Labute approximate surface area is 108 Å². The molecular formula is C14H23NO3. The van der Waals surface area contributed by atoms with Crippen molar-refractivity contribution in [3.05, 3.63) is 24.2 Å². The fraction of sp³-hybridized carbons (Fsp3) is 0.714. The topological polar surface area (TPSA) is 54.6 Å². The van der Waals surface area contributed by atoms with Crippen LogP contribution in [-0.2, 0) is 4.74 Å². The zero-order chi connectivity index (χ0) is 13.2. The van der Waals surface area contributed by atoms with E-state index in [0.717, 1.165) is 18.8 Å². The summed E-state index contributed by atoms with van der Waals surface area (Å²) in [5, 5.41) is 12.9. The third kappa shape index (κ3) is 2.46. The lowest BCUT2D eigenvalue weighted by Crippen LogP contribution is -2.61. The van der Waals surface area contributed by atoms with Gasteiger partial charge >= 0.3 is 0 Å². The largest absolute Gasteiger partial charge is 0.468 e. The lowest BCUT2D eigenvalue weighted by atomic mass is 9.64. The molecule has 18 heavy (non-hydrogen) atoms. The van der Waals surface area contributed by atoms with Crippen molar-refractivity contribution in [2.75, 3.05) is 13.2 Å². The number of hydrogen-bond acceptors (Lipinski definition) is 4. The van der Waals surface area contributed by atoms with Gasteiger partial charge in [-0.05, 0) is 25.5 Å². The molecule has 0 unspecified atom stereocenters. The number of rotatable bonds is 6. The zero-order valence-electron chi connectivity index (χ0n) is 11.3. The van der Waals surface area contributed by atoms with Crippen LogP contribution in [0.5, 0.6) is 0 Å². The fourth-order valence-electron chi connectivity index (χ4n) is 2.61. The van der Waals surface area contributed by atoms with Crippen molar-refractivity contribution in [1.82, 2.24) is 5.32 Å². The van der Waals surface area contributed by atoms with Crippen LogP contribution in [0.25, 0.3) is 0 Å². The molecule has 1 aliphatic rings. The van der Waals surface area contributed by atoms with Gasteiger partial charge in [0.25, 0.3) is 0 Å². The van der Waals surface area contributed by atoms with Gasteiger partial charge in [-0.2, -0.15) is 0 Å². The Morgan fingerprint density at radius 1 is 1.61 bits per heavy atom. The van der Waals surface area contributed by atoms with Gasteiger partial charge in [-0.15, -0.1) is 0 Å². The number of aliphatic hydroxyl groups is 1. The highest BCUT2D eigenvalue weighted by Crippen LogP contribution is 2.43. The van der Waals surface area contributed by atoms with Gasteiger partial charge in [-0.25, -0.2) is 0 Å². The molecule has 2 N–H and O–H groups in total. The molecule has 0 amide bonds. The van der Waals surface area contributed by atoms with E-state index in [4.69, 9.17) is 9.15 Å². The molecule has 3 atom stereocenters. The van der Waals surface area contributed by atoms with Crippen LogP contribution in [0.3, 0.4) is 0 Å². The first-order valence-corrected chi connectivity index (χ1v) is 6.61. The minimum atomic E-state index is -0.133. The smallest absolute Gasteiger partial charge is 0.123 e. The van der Waals surface area contributed by atoms with E-state index in [1.807, 2.05) is 19.1 Å². The second-order valence-electron chi connectivity index (χ2n) is 5.47. The lowest BCUT2D eigenvalue weighted by molar-refractivity contribution is -0.118. The van der Waals surface area contributed by atoms with Gasteiger partial charge in [0.15, 0.2) is 0 Å². The van der Waals surface area contributed by atoms with Crippen molar-refractivity contribution in [2.45, 2.75) is 45.4 Å². The van der Waals surface area contributed by atoms with E-state index >= 15 is 0 Å². The molecule has 0 radical (unpaired) electrons. The molecule has 102 valence electrons. The van der Waals surface area contributed by atoms with Crippen molar-refractivity contribution in [3.63, 3.8) is 0 Å². The van der Waals surface area contributed by atoms with Gasteiger partial charge in [0.1, 0.15) is 5.76 Å². The van der Waals surface area contributed by atoms with Crippen LogP contribution in [0.15, 0.2) is 22.8 Å². The van der Waals surface area contributed by atoms with Crippen molar-refractivity contribution in [2.24, 2.45) is 5.41 Å². The third-order valence-electron chi connectivity index (χ3n) is 4.02. The normalized spacial score (nSPS) is 27.8. The van der Waals surface area contributed by atoms with Crippen molar-refractivity contribution >= 4 is 0 Å². The fourth-order valence-corrected chi connectivity index (χ4v) is 2.61. The Bertz CT molecular complexity index is 361. The summed E-state index contributed by atoms with van der Waals surface area (Å²) in [5.41, 5.74) is 0.0933. The minimum Gasteiger partial charge on any atom is -0.468 e. The highest BCUT2D eigenvalue weighted by atomic mass is 16.5. The summed E-state index contributed by atoms with van der Waals surface area (Å²) >= 11 is 0. The lowest BCUT2D eigenvalue weighted by Gasteiger charge is -2.52. The summed E-state index contributed by atoms with van der Waals surface area (Å²) in [6, 6.07) is 3.94. The van der Waals surface area contributed by atoms with E-state index in [0.29, 0.717) is 12.1 Å². The van der Waals surface area contributed by atoms with Crippen LogP contribution in [0.4, 0.5) is 0 Å². The highest BCUT2D eigenvalue weighted by Gasteiger charge is 2.49. The van der Waals surface area contributed by atoms with Gasteiger partial charge in [-0.1, -0.05) is 13.8 Å². The Kier molecular flexibility index (Phi) is 4.10. The number of aliphatic hydroxyl groups excluding tert-OH is 1. The van der Waals surface area contributed by atoms with Crippen molar-refractivity contribution in [1.29, 1.82) is 0 Å². The van der Waals surface area contributed by atoms with E-state index in [-0.39, 0.29) is 18.1 Å². The van der Waals surface area contributed by atoms with E-state index in [2.05, 4.69) is 19.2 Å². The third-order valence-corrected chi connectivity index (χ3v) is 4.02. The van der Waals surface area contributed by atoms with Crippen LogP contribution in [0, 0.1) is 5.41 Å². The first-order valence-electron chi connectivity index (χ1n) is 6.61. The molecule has 1 aromatic rings. The Morgan fingerprint density at radius 3 is 2.89 bits per heavy atom. The number of furan rings is 1. The molecule has 0 saturated heterocycles. The summed E-state index contributed by atoms with van der Waals surface area (Å²) in [6.45, 7) is 7.22. The molecule has 2 rings (SSSR count). The standard InChI is InChI=1S/C14H23NO3/c1-4-17-13-8-12(14(13,2)3)15-10(9-16)11-6-5-7-18-11/h5-7,10,12-13,15-16H,4,8-9H2,1-3H3/t10-,12-,13+/m0/s1. The average molecular weight is 253 g/mol. The monoisotopic (exact) mass is 253 g/mol. The minimum absolute atomic E-state index is 0.0411. The zero-order valence-corrected chi connectivity index (χ0v) is 11.3. The molecule has 0 aliphatic heterocycles. The summed E-state index contributed by atoms with van der Waals surface area (Å²) in [6.07, 6.45) is 2.92. The predicted octanol–water partition coefficient (Wildman–Crippen LogP) is 2.11. The predicted molar refractivity (Wildman–Crippen MR) is 69.3 cm³/mol. The molecule has 1 aliphatic carbocycles. The molecule has 1 heterocycles. The van der Waals surface area contributed by atoms with Crippen LogP contribution in [-0.4, -0.2) is 30.5 Å². The molecule has 0 aromatic carbocycles. The number of ether oxygens (including phenoxy) is 1. The average Bonchev–Trinajstić information content (AvgIpc) is 2.86. The molecule has 4 heteroatoms. The van der Waals surface area contributed by atoms with E-state index in [1.54, 1.807) is 6.26 Å². The van der Waals surface area contributed by atoms with Crippen LogP contribution < -0.4 is 5.32 Å². The maximum Gasteiger partial charge on any atom is 0.123 e. The van der Waals surface area contributed by atoms with Crippen LogP contribution in [0.2, 0.25) is 0 Å². The second kappa shape index (κ2) is 5.43. The number of nitrogens with one attached hydrogen (secondary N) is 1. The summed E-state index contributed by atoms with van der Waals surface area (Å²) in [4.78, 5) is 0. The highest BCUT2D eigenvalue weighted by molar-refractivity contribution is 5.09.